The van der Waals surface area contributed by atoms with Gasteiger partial charge in [0.1, 0.15) is 5.75 Å². The van der Waals surface area contributed by atoms with Crippen LogP contribution in [0.4, 0.5) is 5.69 Å². The highest BCUT2D eigenvalue weighted by Crippen LogP contribution is 2.48. The molecule has 0 saturated carbocycles. The number of methoxy groups -OCH3 is 2. The average Bonchev–Trinajstić information content (AvgIpc) is 3.23. The summed E-state index contributed by atoms with van der Waals surface area (Å²) in [6.07, 6.45) is 0.481. The molecule has 1 aliphatic rings. The highest BCUT2D eigenvalue weighted by atomic mass is 32.2. The van der Waals surface area contributed by atoms with Crippen LogP contribution in [0.15, 0.2) is 110 Å². The monoisotopic (exact) mass is 591 g/mol. The number of benzene rings is 4. The van der Waals surface area contributed by atoms with Crippen molar-refractivity contribution in [3.8, 4) is 17.2 Å². The molecule has 0 bridgehead atoms. The lowest BCUT2D eigenvalue weighted by Crippen LogP contribution is -2.15. The smallest absolute Gasteiger partial charge is 0.336 e. The van der Waals surface area contributed by atoms with Crippen molar-refractivity contribution in [2.24, 2.45) is 4.99 Å². The summed E-state index contributed by atoms with van der Waals surface area (Å²) in [5, 5.41) is 0.694. The van der Waals surface area contributed by atoms with Gasteiger partial charge in [-0.25, -0.2) is 4.79 Å². The minimum absolute atomic E-state index is 0.0761. The Morgan fingerprint density at radius 1 is 0.907 bits per heavy atom. The normalized spacial score (nSPS) is 14.4. The quantitative estimate of drug-likeness (QED) is 0.135. The number of Topliss-reactive ketones (excluding diaryl/α,β-unsaturated/α-hetero) is 1. The first-order valence-electron chi connectivity index (χ1n) is 13.8. The van der Waals surface area contributed by atoms with Crippen molar-refractivity contribution in [2.45, 2.75) is 23.5 Å². The molecule has 0 N–H and O–H groups in total. The van der Waals surface area contributed by atoms with Gasteiger partial charge in [0.05, 0.1) is 31.2 Å². The summed E-state index contributed by atoms with van der Waals surface area (Å²) in [4.78, 5) is 31.8. The number of fused-ring (bicyclic) bond motifs is 2. The Balaban J connectivity index is 1.50. The molecule has 0 radical (unpaired) electrons. The Bertz CT molecular complexity index is 1910. The second-order valence-corrected chi connectivity index (χ2v) is 11.3. The number of ketones is 1. The van der Waals surface area contributed by atoms with Crippen molar-refractivity contribution in [3.05, 3.63) is 124 Å². The first kappa shape index (κ1) is 28.3. The zero-order valence-corrected chi connectivity index (χ0v) is 24.8. The van der Waals surface area contributed by atoms with E-state index in [1.165, 1.54) is 6.07 Å². The molecule has 0 amide bonds. The highest BCUT2D eigenvalue weighted by Gasteiger charge is 2.28. The summed E-state index contributed by atoms with van der Waals surface area (Å²) >= 11 is 1.70. The fourth-order valence-electron chi connectivity index (χ4n) is 5.22. The van der Waals surface area contributed by atoms with Gasteiger partial charge in [-0.15, -0.1) is 11.8 Å². The molecule has 216 valence electrons. The molecule has 8 heteroatoms. The number of ether oxygens (including phenoxy) is 3. The zero-order chi connectivity index (χ0) is 29.9. The first-order chi connectivity index (χ1) is 20.9. The molecular formula is C35H29NO6S. The van der Waals surface area contributed by atoms with Crippen molar-refractivity contribution in [1.82, 2.24) is 0 Å². The van der Waals surface area contributed by atoms with Crippen LogP contribution in [-0.4, -0.2) is 32.3 Å². The number of rotatable bonds is 8. The summed E-state index contributed by atoms with van der Waals surface area (Å²) in [5.74, 6) is 1.53. The van der Waals surface area contributed by atoms with Gasteiger partial charge in [-0.3, -0.25) is 9.79 Å². The van der Waals surface area contributed by atoms with E-state index in [0.29, 0.717) is 46.1 Å². The van der Waals surface area contributed by atoms with Crippen LogP contribution in [0.1, 0.15) is 38.7 Å². The van der Waals surface area contributed by atoms with Crippen LogP contribution in [0.5, 0.6) is 17.2 Å². The molecule has 0 unspecified atom stereocenters. The third-order valence-electron chi connectivity index (χ3n) is 7.37. The van der Waals surface area contributed by atoms with Gasteiger partial charge in [0.25, 0.3) is 0 Å². The van der Waals surface area contributed by atoms with E-state index in [1.807, 2.05) is 79.7 Å². The van der Waals surface area contributed by atoms with E-state index < -0.39 is 5.63 Å². The van der Waals surface area contributed by atoms with Crippen LogP contribution in [0, 0.1) is 6.92 Å². The van der Waals surface area contributed by atoms with Crippen molar-refractivity contribution < 1.29 is 23.4 Å². The largest absolute Gasteiger partial charge is 0.493 e. The Morgan fingerprint density at radius 2 is 1.65 bits per heavy atom. The molecule has 4 aromatic carbocycles. The van der Waals surface area contributed by atoms with Crippen LogP contribution < -0.4 is 19.8 Å². The Kier molecular flexibility index (Phi) is 8.03. The minimum atomic E-state index is -0.468. The van der Waals surface area contributed by atoms with E-state index in [2.05, 4.69) is 0 Å². The molecule has 5 aromatic rings. The van der Waals surface area contributed by atoms with Crippen LogP contribution in [-0.2, 0) is 0 Å². The van der Waals surface area contributed by atoms with Crippen LogP contribution in [0.25, 0.3) is 11.0 Å². The first-order valence-corrected chi connectivity index (χ1v) is 14.7. The molecule has 1 aromatic heterocycles. The maximum atomic E-state index is 13.0. The number of hydrogen-bond donors (Lipinski definition) is 0. The molecule has 0 spiro atoms. The fraction of sp³-hybridized carbons (Fsp3) is 0.171. The molecule has 1 aliphatic heterocycles. The number of carbonyl (C=O) groups excluding carboxylic acids is 1. The summed E-state index contributed by atoms with van der Waals surface area (Å²) < 4.78 is 23.1. The summed E-state index contributed by atoms with van der Waals surface area (Å²) in [7, 11) is 3.23. The third kappa shape index (κ3) is 5.79. The predicted octanol–water partition coefficient (Wildman–Crippen LogP) is 7.74. The number of para-hydroxylation sites is 1. The summed E-state index contributed by atoms with van der Waals surface area (Å²) in [6, 6.07) is 28.0. The van der Waals surface area contributed by atoms with E-state index in [1.54, 1.807) is 38.1 Å². The van der Waals surface area contributed by atoms with Gasteiger partial charge >= 0.3 is 5.63 Å². The zero-order valence-electron chi connectivity index (χ0n) is 24.0. The van der Waals surface area contributed by atoms with Gasteiger partial charge in [-0.05, 0) is 54.4 Å². The lowest BCUT2D eigenvalue weighted by Gasteiger charge is -2.20. The van der Waals surface area contributed by atoms with Gasteiger partial charge in [-0.2, -0.15) is 0 Å². The van der Waals surface area contributed by atoms with Crippen molar-refractivity contribution in [3.63, 3.8) is 0 Å². The number of nitrogens with zero attached hydrogens (tertiary/aromatic N) is 1. The second kappa shape index (κ2) is 12.2. The van der Waals surface area contributed by atoms with Gasteiger partial charge in [0, 0.05) is 33.6 Å². The van der Waals surface area contributed by atoms with E-state index >= 15 is 0 Å². The average molecular weight is 592 g/mol. The minimum Gasteiger partial charge on any atom is -0.493 e. The molecule has 0 saturated heterocycles. The summed E-state index contributed by atoms with van der Waals surface area (Å²) in [6.45, 7) is 1.69. The number of thioether (sulfide) groups is 1. The lowest BCUT2D eigenvalue weighted by atomic mass is 9.97. The molecule has 6 rings (SSSR count). The second-order valence-electron chi connectivity index (χ2n) is 10.1. The molecule has 43 heavy (non-hydrogen) atoms. The van der Waals surface area contributed by atoms with Crippen LogP contribution in [0.2, 0.25) is 0 Å². The molecular weight excluding hydrogens is 562 g/mol. The third-order valence-corrected chi connectivity index (χ3v) is 8.69. The van der Waals surface area contributed by atoms with Crippen LogP contribution >= 0.6 is 11.8 Å². The van der Waals surface area contributed by atoms with Crippen molar-refractivity contribution >= 4 is 39.9 Å². The van der Waals surface area contributed by atoms with E-state index in [9.17, 15) is 9.59 Å². The fourth-order valence-corrected chi connectivity index (χ4v) is 6.44. The van der Waals surface area contributed by atoms with Crippen molar-refractivity contribution in [1.29, 1.82) is 0 Å². The van der Waals surface area contributed by atoms with E-state index in [0.717, 1.165) is 27.1 Å². The van der Waals surface area contributed by atoms with Gasteiger partial charge in [-0.1, -0.05) is 48.5 Å². The maximum Gasteiger partial charge on any atom is 0.336 e. The number of carbonyl (C=O) groups is 1. The maximum absolute atomic E-state index is 13.0. The summed E-state index contributed by atoms with van der Waals surface area (Å²) in [5.41, 5.74) is 4.29. The molecule has 2 heterocycles. The standard InChI is InChI=1S/C35H29NO6S/c1-21-17-33(38)42-35-24(21)14-16-29(41-20-27(37)22-9-5-4-6-10-22)34(35)26-19-32(43-31-12-8-7-11-25(31)36-26)23-13-15-28(39-2)30(18-23)40-3/h4-18,32H,19-20H2,1-3H3/t32-/m1/s1. The number of aliphatic imine (C=N–C) groups is 1. The molecule has 0 fully saturated rings. The number of hydrogen-bond acceptors (Lipinski definition) is 8. The van der Waals surface area contributed by atoms with Gasteiger partial charge in [0.2, 0.25) is 0 Å². The number of aryl methyl sites for hydroxylation is 1. The van der Waals surface area contributed by atoms with Crippen LogP contribution in [0.3, 0.4) is 0 Å². The van der Waals surface area contributed by atoms with Gasteiger partial charge < -0.3 is 18.6 Å². The Hall–Kier alpha value is -4.82. The van der Waals surface area contributed by atoms with Crippen molar-refractivity contribution in [2.75, 3.05) is 20.8 Å². The highest BCUT2D eigenvalue weighted by molar-refractivity contribution is 7.99. The van der Waals surface area contributed by atoms with E-state index in [-0.39, 0.29) is 17.6 Å². The van der Waals surface area contributed by atoms with E-state index in [4.69, 9.17) is 23.6 Å². The lowest BCUT2D eigenvalue weighted by molar-refractivity contribution is 0.0921. The molecule has 1 atom stereocenters. The Labute approximate surface area is 253 Å². The SMILES string of the molecule is COc1ccc([C@H]2CC(c3c(OCC(=O)c4ccccc4)ccc4c(C)cc(=O)oc34)=Nc3ccccc3S2)cc1OC. The predicted molar refractivity (Wildman–Crippen MR) is 169 cm³/mol. The van der Waals surface area contributed by atoms with Gasteiger partial charge in [0.15, 0.2) is 29.5 Å². The topological polar surface area (TPSA) is 87.3 Å². The molecule has 7 nitrogen and oxygen atoms in total. The Morgan fingerprint density at radius 3 is 2.44 bits per heavy atom. The molecule has 0 aliphatic carbocycles.